The molecule has 1 aromatic heterocycles. The monoisotopic (exact) mass is 209 g/mol. The predicted molar refractivity (Wildman–Crippen MR) is 51.1 cm³/mol. The summed E-state index contributed by atoms with van der Waals surface area (Å²) >= 11 is 0. The molecule has 1 aromatic carbocycles. The zero-order valence-corrected chi connectivity index (χ0v) is 8.09. The number of benzene rings is 1. The SMILES string of the molecule is CCc1nc(-c2c(F)cccc2F)n[nH]1. The first-order valence-corrected chi connectivity index (χ1v) is 4.58. The summed E-state index contributed by atoms with van der Waals surface area (Å²) in [5, 5.41) is 6.38. The summed E-state index contributed by atoms with van der Waals surface area (Å²) in [6.45, 7) is 1.88. The van der Waals surface area contributed by atoms with E-state index in [1.165, 1.54) is 18.2 Å². The zero-order chi connectivity index (χ0) is 10.8. The van der Waals surface area contributed by atoms with E-state index in [9.17, 15) is 8.78 Å². The van der Waals surface area contributed by atoms with Gasteiger partial charge in [0, 0.05) is 6.42 Å². The van der Waals surface area contributed by atoms with Crippen LogP contribution in [0.1, 0.15) is 12.7 Å². The Kier molecular flexibility index (Phi) is 2.45. The van der Waals surface area contributed by atoms with Crippen LogP contribution >= 0.6 is 0 Å². The fourth-order valence-corrected chi connectivity index (χ4v) is 1.28. The average Bonchev–Trinajstić information content (AvgIpc) is 2.66. The molecule has 15 heavy (non-hydrogen) atoms. The van der Waals surface area contributed by atoms with Gasteiger partial charge in [-0.05, 0) is 12.1 Å². The molecule has 2 rings (SSSR count). The van der Waals surface area contributed by atoms with Crippen LogP contribution in [-0.4, -0.2) is 15.2 Å². The van der Waals surface area contributed by atoms with E-state index < -0.39 is 11.6 Å². The third-order valence-corrected chi connectivity index (χ3v) is 2.05. The van der Waals surface area contributed by atoms with Gasteiger partial charge < -0.3 is 0 Å². The second-order valence-corrected chi connectivity index (χ2v) is 3.06. The Morgan fingerprint density at radius 2 is 1.93 bits per heavy atom. The number of aromatic nitrogens is 3. The summed E-state index contributed by atoms with van der Waals surface area (Å²) in [5.74, 6) is -0.650. The lowest BCUT2D eigenvalue weighted by Gasteiger charge is -1.98. The molecule has 2 aromatic rings. The molecule has 0 fully saturated rings. The van der Waals surface area contributed by atoms with Crippen molar-refractivity contribution in [2.24, 2.45) is 0 Å². The van der Waals surface area contributed by atoms with E-state index in [0.717, 1.165) is 0 Å². The van der Waals surface area contributed by atoms with E-state index in [1.54, 1.807) is 0 Å². The molecule has 0 aliphatic heterocycles. The quantitative estimate of drug-likeness (QED) is 0.824. The van der Waals surface area contributed by atoms with Crippen LogP contribution in [0.25, 0.3) is 11.4 Å². The molecule has 0 unspecified atom stereocenters. The van der Waals surface area contributed by atoms with Crippen LogP contribution < -0.4 is 0 Å². The Morgan fingerprint density at radius 3 is 2.47 bits per heavy atom. The van der Waals surface area contributed by atoms with Crippen LogP contribution in [0.15, 0.2) is 18.2 Å². The van der Waals surface area contributed by atoms with Crippen LogP contribution in [0, 0.1) is 11.6 Å². The van der Waals surface area contributed by atoms with Gasteiger partial charge in [-0.1, -0.05) is 13.0 Å². The topological polar surface area (TPSA) is 41.6 Å². The number of hydrogen-bond donors (Lipinski definition) is 1. The van der Waals surface area contributed by atoms with Gasteiger partial charge in [-0.3, -0.25) is 5.10 Å². The van der Waals surface area contributed by atoms with Crippen LogP contribution in [0.4, 0.5) is 8.78 Å². The van der Waals surface area contributed by atoms with Gasteiger partial charge >= 0.3 is 0 Å². The fraction of sp³-hybridized carbons (Fsp3) is 0.200. The van der Waals surface area contributed by atoms with E-state index in [2.05, 4.69) is 15.2 Å². The maximum absolute atomic E-state index is 13.3. The van der Waals surface area contributed by atoms with Gasteiger partial charge in [0.1, 0.15) is 17.5 Å². The van der Waals surface area contributed by atoms with Crippen molar-refractivity contribution in [1.82, 2.24) is 15.2 Å². The molecule has 5 heteroatoms. The molecule has 3 nitrogen and oxygen atoms in total. The van der Waals surface area contributed by atoms with Gasteiger partial charge in [0.2, 0.25) is 0 Å². The van der Waals surface area contributed by atoms with Crippen LogP contribution in [0.3, 0.4) is 0 Å². The number of hydrogen-bond acceptors (Lipinski definition) is 2. The zero-order valence-electron chi connectivity index (χ0n) is 8.09. The highest BCUT2D eigenvalue weighted by Gasteiger charge is 2.14. The number of nitrogens with one attached hydrogen (secondary N) is 1. The Hall–Kier alpha value is -1.78. The molecule has 1 N–H and O–H groups in total. The van der Waals surface area contributed by atoms with E-state index in [-0.39, 0.29) is 11.4 Å². The van der Waals surface area contributed by atoms with Crippen molar-refractivity contribution < 1.29 is 8.78 Å². The second-order valence-electron chi connectivity index (χ2n) is 3.06. The van der Waals surface area contributed by atoms with E-state index >= 15 is 0 Å². The summed E-state index contributed by atoms with van der Waals surface area (Å²) in [5.41, 5.74) is -0.187. The molecule has 0 aliphatic carbocycles. The molecule has 0 saturated heterocycles. The Morgan fingerprint density at radius 1 is 1.27 bits per heavy atom. The number of aromatic amines is 1. The Balaban J connectivity index is 2.53. The highest BCUT2D eigenvalue weighted by Crippen LogP contribution is 2.22. The van der Waals surface area contributed by atoms with Gasteiger partial charge in [-0.25, -0.2) is 13.8 Å². The standard InChI is InChI=1S/C10H9F2N3/c1-2-8-13-10(15-14-8)9-6(11)4-3-5-7(9)12/h3-5H,2H2,1H3,(H,13,14,15). The van der Waals surface area contributed by atoms with Crippen molar-refractivity contribution in [3.05, 3.63) is 35.7 Å². The van der Waals surface area contributed by atoms with Gasteiger partial charge in [0.05, 0.1) is 5.56 Å². The summed E-state index contributed by atoms with van der Waals surface area (Å²) in [6.07, 6.45) is 0.642. The lowest BCUT2D eigenvalue weighted by Crippen LogP contribution is -1.91. The smallest absolute Gasteiger partial charge is 0.187 e. The molecular weight excluding hydrogens is 200 g/mol. The Bertz CT molecular complexity index is 459. The van der Waals surface area contributed by atoms with E-state index in [1.807, 2.05) is 6.92 Å². The van der Waals surface area contributed by atoms with Crippen molar-refractivity contribution in [3.8, 4) is 11.4 Å². The lowest BCUT2D eigenvalue weighted by molar-refractivity contribution is 0.587. The summed E-state index contributed by atoms with van der Waals surface area (Å²) in [7, 11) is 0. The molecule has 0 amide bonds. The molecular formula is C10H9F2N3. The van der Waals surface area contributed by atoms with E-state index in [4.69, 9.17) is 0 Å². The first-order valence-electron chi connectivity index (χ1n) is 4.58. The minimum atomic E-state index is -0.656. The van der Waals surface area contributed by atoms with Gasteiger partial charge in [-0.2, -0.15) is 5.10 Å². The Labute approximate surface area is 85.2 Å². The first-order chi connectivity index (χ1) is 7.22. The lowest BCUT2D eigenvalue weighted by atomic mass is 10.2. The number of halogens is 2. The van der Waals surface area contributed by atoms with Crippen molar-refractivity contribution >= 4 is 0 Å². The molecule has 0 aliphatic rings. The molecule has 1 heterocycles. The summed E-state index contributed by atoms with van der Waals surface area (Å²) in [4.78, 5) is 3.97. The van der Waals surface area contributed by atoms with Crippen LogP contribution in [0.2, 0.25) is 0 Å². The molecule has 0 radical (unpaired) electrons. The number of nitrogens with zero attached hydrogens (tertiary/aromatic N) is 2. The minimum Gasteiger partial charge on any atom is -0.263 e. The van der Waals surface area contributed by atoms with Crippen LogP contribution in [0.5, 0.6) is 0 Å². The number of H-pyrrole nitrogens is 1. The van der Waals surface area contributed by atoms with Crippen molar-refractivity contribution in [2.75, 3.05) is 0 Å². The normalized spacial score (nSPS) is 10.6. The third-order valence-electron chi connectivity index (χ3n) is 2.05. The van der Waals surface area contributed by atoms with E-state index in [0.29, 0.717) is 12.2 Å². The molecule has 0 atom stereocenters. The van der Waals surface area contributed by atoms with Crippen molar-refractivity contribution in [2.45, 2.75) is 13.3 Å². The predicted octanol–water partition coefficient (Wildman–Crippen LogP) is 2.31. The molecule has 0 saturated carbocycles. The highest BCUT2D eigenvalue weighted by molar-refractivity contribution is 5.56. The number of rotatable bonds is 2. The largest absolute Gasteiger partial charge is 0.263 e. The molecule has 0 spiro atoms. The van der Waals surface area contributed by atoms with Gasteiger partial charge in [0.25, 0.3) is 0 Å². The van der Waals surface area contributed by atoms with Crippen molar-refractivity contribution in [1.29, 1.82) is 0 Å². The molecule has 0 bridgehead atoms. The maximum atomic E-state index is 13.3. The maximum Gasteiger partial charge on any atom is 0.187 e. The summed E-state index contributed by atoms with van der Waals surface area (Å²) < 4.78 is 26.6. The van der Waals surface area contributed by atoms with Gasteiger partial charge in [-0.15, -0.1) is 0 Å². The summed E-state index contributed by atoms with van der Waals surface area (Å²) in [6, 6.07) is 3.67. The minimum absolute atomic E-state index is 0.0578. The average molecular weight is 209 g/mol. The first kappa shape index (κ1) is 9.76. The van der Waals surface area contributed by atoms with Gasteiger partial charge in [0.15, 0.2) is 5.82 Å². The van der Waals surface area contributed by atoms with Crippen molar-refractivity contribution in [3.63, 3.8) is 0 Å². The third kappa shape index (κ3) is 1.72. The molecule has 78 valence electrons. The number of aryl methyl sites for hydroxylation is 1. The second kappa shape index (κ2) is 3.76. The highest BCUT2D eigenvalue weighted by atomic mass is 19.1. The van der Waals surface area contributed by atoms with Crippen LogP contribution in [-0.2, 0) is 6.42 Å². The fourth-order valence-electron chi connectivity index (χ4n) is 1.28.